The summed E-state index contributed by atoms with van der Waals surface area (Å²) < 4.78 is 0. The lowest BCUT2D eigenvalue weighted by atomic mass is 9.91. The number of hydrogen-bond donors (Lipinski definition) is 2. The van der Waals surface area contributed by atoms with Crippen molar-refractivity contribution in [2.75, 3.05) is 6.54 Å². The molecule has 1 aromatic rings. The molecule has 0 spiro atoms. The van der Waals surface area contributed by atoms with E-state index in [1.165, 1.54) is 24.8 Å². The van der Waals surface area contributed by atoms with Gasteiger partial charge in [0.2, 0.25) is 5.91 Å². The second kappa shape index (κ2) is 5.96. The first-order chi connectivity index (χ1) is 9.75. The maximum atomic E-state index is 12.6. The normalized spacial score (nSPS) is 27.9. The Labute approximate surface area is 121 Å². The lowest BCUT2D eigenvalue weighted by Crippen LogP contribution is -2.51. The zero-order valence-corrected chi connectivity index (χ0v) is 12.1. The van der Waals surface area contributed by atoms with Crippen LogP contribution < -0.4 is 10.6 Å². The molecule has 1 saturated heterocycles. The molecular weight excluding hydrogens is 248 g/mol. The minimum Gasteiger partial charge on any atom is -0.348 e. The standard InChI is InChI=1S/C17H24N2O/c1-12-6-5-11-18-15(12)17(20)19-16(14-9-10-14)13-7-3-2-4-8-13/h2-4,7-8,12,14-16,18H,5-6,9-11H2,1H3,(H,19,20). The largest absolute Gasteiger partial charge is 0.348 e. The summed E-state index contributed by atoms with van der Waals surface area (Å²) in [7, 11) is 0. The van der Waals surface area contributed by atoms with Crippen molar-refractivity contribution >= 4 is 5.91 Å². The Morgan fingerprint density at radius 1 is 1.25 bits per heavy atom. The molecule has 108 valence electrons. The fraction of sp³-hybridized carbons (Fsp3) is 0.588. The van der Waals surface area contributed by atoms with Gasteiger partial charge in [-0.3, -0.25) is 4.79 Å². The highest BCUT2D eigenvalue weighted by molar-refractivity contribution is 5.82. The van der Waals surface area contributed by atoms with Gasteiger partial charge in [0.25, 0.3) is 0 Å². The molecule has 3 heteroatoms. The highest BCUT2D eigenvalue weighted by Gasteiger charge is 2.36. The maximum absolute atomic E-state index is 12.6. The van der Waals surface area contributed by atoms with Crippen LogP contribution in [-0.2, 0) is 4.79 Å². The van der Waals surface area contributed by atoms with E-state index < -0.39 is 0 Å². The predicted octanol–water partition coefficient (Wildman–Crippen LogP) is 2.64. The summed E-state index contributed by atoms with van der Waals surface area (Å²) in [6.45, 7) is 3.13. The third-order valence-electron chi connectivity index (χ3n) is 4.60. The van der Waals surface area contributed by atoms with E-state index in [1.54, 1.807) is 0 Å². The van der Waals surface area contributed by atoms with E-state index in [0.29, 0.717) is 11.8 Å². The average Bonchev–Trinajstić information content (AvgIpc) is 3.30. The van der Waals surface area contributed by atoms with E-state index in [9.17, 15) is 4.79 Å². The van der Waals surface area contributed by atoms with Gasteiger partial charge in [-0.25, -0.2) is 0 Å². The van der Waals surface area contributed by atoms with Gasteiger partial charge in [-0.15, -0.1) is 0 Å². The molecule has 2 N–H and O–H groups in total. The van der Waals surface area contributed by atoms with Crippen LogP contribution in [0.25, 0.3) is 0 Å². The van der Waals surface area contributed by atoms with Gasteiger partial charge in [0.15, 0.2) is 0 Å². The van der Waals surface area contributed by atoms with Crippen LogP contribution in [-0.4, -0.2) is 18.5 Å². The number of piperidine rings is 1. The van der Waals surface area contributed by atoms with Crippen LogP contribution in [0.2, 0.25) is 0 Å². The highest BCUT2D eigenvalue weighted by atomic mass is 16.2. The first-order valence-electron chi connectivity index (χ1n) is 7.84. The van der Waals surface area contributed by atoms with Crippen LogP contribution in [0.5, 0.6) is 0 Å². The zero-order valence-electron chi connectivity index (χ0n) is 12.1. The maximum Gasteiger partial charge on any atom is 0.237 e. The summed E-state index contributed by atoms with van der Waals surface area (Å²) in [5.41, 5.74) is 1.24. The number of rotatable bonds is 4. The van der Waals surface area contributed by atoms with E-state index in [-0.39, 0.29) is 18.0 Å². The van der Waals surface area contributed by atoms with Crippen molar-refractivity contribution in [2.24, 2.45) is 11.8 Å². The summed E-state index contributed by atoms with van der Waals surface area (Å²) in [6, 6.07) is 10.6. The van der Waals surface area contributed by atoms with Crippen molar-refractivity contribution in [1.29, 1.82) is 0 Å². The number of carbonyl (C=O) groups is 1. The third kappa shape index (κ3) is 3.04. The molecule has 1 aromatic carbocycles. The molecule has 0 radical (unpaired) electrons. The molecule has 0 aromatic heterocycles. The van der Waals surface area contributed by atoms with Crippen molar-refractivity contribution in [3.05, 3.63) is 35.9 Å². The Kier molecular flexibility index (Phi) is 4.06. The smallest absolute Gasteiger partial charge is 0.237 e. The van der Waals surface area contributed by atoms with E-state index in [4.69, 9.17) is 0 Å². The van der Waals surface area contributed by atoms with E-state index in [0.717, 1.165) is 13.0 Å². The van der Waals surface area contributed by atoms with E-state index >= 15 is 0 Å². The minimum atomic E-state index is -0.0197. The van der Waals surface area contributed by atoms with Crippen LogP contribution in [0, 0.1) is 11.8 Å². The SMILES string of the molecule is CC1CCCNC1C(=O)NC(c1ccccc1)C1CC1. The van der Waals surface area contributed by atoms with Gasteiger partial charge in [0.05, 0.1) is 12.1 Å². The molecule has 1 aliphatic carbocycles. The Hall–Kier alpha value is -1.35. The van der Waals surface area contributed by atoms with Crippen LogP contribution in [0.1, 0.15) is 44.2 Å². The van der Waals surface area contributed by atoms with Crippen molar-refractivity contribution in [3.8, 4) is 0 Å². The fourth-order valence-electron chi connectivity index (χ4n) is 3.21. The Morgan fingerprint density at radius 2 is 2.00 bits per heavy atom. The van der Waals surface area contributed by atoms with E-state index in [2.05, 4.69) is 41.8 Å². The molecule has 0 bridgehead atoms. The predicted molar refractivity (Wildman–Crippen MR) is 80.2 cm³/mol. The van der Waals surface area contributed by atoms with Crippen molar-refractivity contribution in [1.82, 2.24) is 10.6 Å². The van der Waals surface area contributed by atoms with Gasteiger partial charge >= 0.3 is 0 Å². The first-order valence-corrected chi connectivity index (χ1v) is 7.84. The molecule has 1 heterocycles. The molecule has 2 fully saturated rings. The summed E-state index contributed by atoms with van der Waals surface area (Å²) in [5.74, 6) is 1.23. The lowest BCUT2D eigenvalue weighted by molar-refractivity contribution is -0.125. The monoisotopic (exact) mass is 272 g/mol. The highest BCUT2D eigenvalue weighted by Crippen LogP contribution is 2.41. The summed E-state index contributed by atoms with van der Waals surface area (Å²) in [5, 5.41) is 6.67. The molecule has 1 saturated carbocycles. The van der Waals surface area contributed by atoms with Gasteiger partial charge < -0.3 is 10.6 Å². The molecule has 3 unspecified atom stereocenters. The number of amides is 1. The fourth-order valence-corrected chi connectivity index (χ4v) is 3.21. The number of nitrogens with one attached hydrogen (secondary N) is 2. The van der Waals surface area contributed by atoms with Crippen molar-refractivity contribution in [2.45, 2.75) is 44.7 Å². The van der Waals surface area contributed by atoms with Gasteiger partial charge in [-0.05, 0) is 49.6 Å². The Balaban J connectivity index is 1.69. The molecule has 3 atom stereocenters. The molecular formula is C17H24N2O. The lowest BCUT2D eigenvalue weighted by Gasteiger charge is -2.31. The summed E-state index contributed by atoms with van der Waals surface area (Å²) >= 11 is 0. The molecule has 2 aliphatic rings. The number of hydrogen-bond acceptors (Lipinski definition) is 2. The molecule has 20 heavy (non-hydrogen) atoms. The molecule has 1 aliphatic heterocycles. The summed E-state index contributed by atoms with van der Waals surface area (Å²) in [4.78, 5) is 12.6. The van der Waals surface area contributed by atoms with Crippen LogP contribution >= 0.6 is 0 Å². The van der Waals surface area contributed by atoms with E-state index in [1.807, 2.05) is 6.07 Å². The van der Waals surface area contributed by atoms with Gasteiger partial charge in [0, 0.05) is 0 Å². The van der Waals surface area contributed by atoms with Crippen LogP contribution in [0.4, 0.5) is 0 Å². The zero-order chi connectivity index (χ0) is 13.9. The van der Waals surface area contributed by atoms with Crippen LogP contribution in [0.3, 0.4) is 0 Å². The second-order valence-corrected chi connectivity index (χ2v) is 6.29. The summed E-state index contributed by atoms with van der Waals surface area (Å²) in [6.07, 6.45) is 4.78. The van der Waals surface area contributed by atoms with Crippen LogP contribution in [0.15, 0.2) is 30.3 Å². The minimum absolute atomic E-state index is 0.0197. The Morgan fingerprint density at radius 3 is 2.65 bits per heavy atom. The second-order valence-electron chi connectivity index (χ2n) is 6.29. The topological polar surface area (TPSA) is 41.1 Å². The van der Waals surface area contributed by atoms with Gasteiger partial charge in [0.1, 0.15) is 0 Å². The first kappa shape index (κ1) is 13.6. The Bertz CT molecular complexity index is 455. The quantitative estimate of drug-likeness (QED) is 0.884. The number of carbonyl (C=O) groups excluding carboxylic acids is 1. The van der Waals surface area contributed by atoms with Gasteiger partial charge in [-0.2, -0.15) is 0 Å². The van der Waals surface area contributed by atoms with Crippen molar-refractivity contribution < 1.29 is 4.79 Å². The third-order valence-corrected chi connectivity index (χ3v) is 4.60. The van der Waals surface area contributed by atoms with Crippen molar-refractivity contribution in [3.63, 3.8) is 0 Å². The molecule has 3 nitrogen and oxygen atoms in total. The molecule has 3 rings (SSSR count). The average molecular weight is 272 g/mol. The number of benzene rings is 1. The molecule has 1 amide bonds. The van der Waals surface area contributed by atoms with Gasteiger partial charge in [-0.1, -0.05) is 37.3 Å².